The maximum absolute atomic E-state index is 12.3. The van der Waals surface area contributed by atoms with Crippen molar-refractivity contribution < 1.29 is 42.7 Å². The highest BCUT2D eigenvalue weighted by atomic mass is 31.2. The van der Waals surface area contributed by atoms with Crippen LogP contribution < -0.4 is 0 Å². The molecule has 9 nitrogen and oxygen atoms in total. The highest BCUT2D eigenvalue weighted by Gasteiger charge is 2.35. The molecule has 1 heterocycles. The molecule has 2 unspecified atom stereocenters. The highest BCUT2D eigenvalue weighted by Crippen LogP contribution is 2.36. The van der Waals surface area contributed by atoms with E-state index in [0.29, 0.717) is 31.5 Å². The summed E-state index contributed by atoms with van der Waals surface area (Å²) < 4.78 is 31.9. The first kappa shape index (κ1) is 41.3. The molecule has 45 heavy (non-hydrogen) atoms. The van der Waals surface area contributed by atoms with Crippen LogP contribution in [0.5, 0.6) is 0 Å². The van der Waals surface area contributed by atoms with E-state index in [9.17, 15) is 14.2 Å². The number of hydrogen-bond acceptors (Lipinski definition) is 7. The average molecular weight is 657 g/mol. The van der Waals surface area contributed by atoms with Crippen LogP contribution in [0.1, 0.15) is 142 Å². The summed E-state index contributed by atoms with van der Waals surface area (Å²) in [5, 5.41) is 0. The zero-order chi connectivity index (χ0) is 33.0. The summed E-state index contributed by atoms with van der Waals surface area (Å²) in [6.07, 6.45) is 32.0. The molecule has 10 heteroatoms. The van der Waals surface area contributed by atoms with Crippen molar-refractivity contribution in [3.8, 4) is 0 Å². The fraction of sp³-hybridized carbons (Fsp3) is 0.771. The molecule has 0 aromatic rings. The third kappa shape index (κ3) is 27.1. The van der Waals surface area contributed by atoms with Crippen LogP contribution in [0.4, 0.5) is 0 Å². The molecule has 3 atom stereocenters. The van der Waals surface area contributed by atoms with Gasteiger partial charge in [-0.25, -0.2) is 4.57 Å². The summed E-state index contributed by atoms with van der Waals surface area (Å²) in [4.78, 5) is 42.5. The Balaban J connectivity index is 2.17. The summed E-state index contributed by atoms with van der Waals surface area (Å²) in [7, 11) is -4.76. The van der Waals surface area contributed by atoms with Crippen molar-refractivity contribution in [1.82, 2.24) is 0 Å². The van der Waals surface area contributed by atoms with Gasteiger partial charge in [0.05, 0.1) is 18.8 Å². The first-order chi connectivity index (χ1) is 21.7. The number of phosphoric acid groups is 1. The van der Waals surface area contributed by atoms with E-state index in [-0.39, 0.29) is 19.4 Å². The molecule has 260 valence electrons. The van der Waals surface area contributed by atoms with Crippen molar-refractivity contribution in [2.24, 2.45) is 0 Å². The normalized spacial score (nSPS) is 17.4. The molecule has 0 aromatic heterocycles. The van der Waals surface area contributed by atoms with Crippen molar-refractivity contribution in [2.75, 3.05) is 13.2 Å². The Morgan fingerprint density at radius 3 is 1.89 bits per heavy atom. The lowest BCUT2D eigenvalue weighted by atomic mass is 10.1. The number of esters is 2. The van der Waals surface area contributed by atoms with Gasteiger partial charge in [0.25, 0.3) is 0 Å². The lowest BCUT2D eigenvalue weighted by Gasteiger charge is -2.18. The second-order valence-corrected chi connectivity index (χ2v) is 13.1. The van der Waals surface area contributed by atoms with Gasteiger partial charge in [-0.2, -0.15) is 0 Å². The van der Waals surface area contributed by atoms with E-state index in [1.54, 1.807) is 0 Å². The molecule has 0 bridgehead atoms. The summed E-state index contributed by atoms with van der Waals surface area (Å²) in [5.74, 6) is -0.962. The molecule has 0 aliphatic carbocycles. The topological polar surface area (TPSA) is 132 Å². The van der Waals surface area contributed by atoms with Crippen molar-refractivity contribution in [2.45, 2.75) is 161 Å². The van der Waals surface area contributed by atoms with E-state index in [2.05, 4.69) is 48.8 Å². The minimum atomic E-state index is -4.76. The molecular weight excluding hydrogens is 595 g/mol. The number of hydrogen-bond donors (Lipinski definition) is 2. The van der Waals surface area contributed by atoms with Gasteiger partial charge in [-0.1, -0.05) is 115 Å². The smallest absolute Gasteiger partial charge is 0.462 e. The van der Waals surface area contributed by atoms with Gasteiger partial charge in [0.2, 0.25) is 0 Å². The summed E-state index contributed by atoms with van der Waals surface area (Å²) in [6, 6.07) is 0. The van der Waals surface area contributed by atoms with E-state index in [1.165, 1.54) is 51.4 Å². The first-order valence-electron chi connectivity index (χ1n) is 17.4. The minimum absolute atomic E-state index is 0.131. The van der Waals surface area contributed by atoms with Gasteiger partial charge in [-0.15, -0.1) is 0 Å². The summed E-state index contributed by atoms with van der Waals surface area (Å²) in [6.45, 7) is 3.55. The summed E-state index contributed by atoms with van der Waals surface area (Å²) in [5.41, 5.74) is 0. The Labute approximate surface area is 272 Å². The van der Waals surface area contributed by atoms with E-state index < -0.39 is 32.5 Å². The second kappa shape index (κ2) is 27.4. The SMILES string of the molecule is CCCCC/C=C\CC1OC1C/C=C\C/C=C\CCCC(=O)O[C@H](COC(=O)CCCCCCCCCCC)COP(=O)(O)O. The fourth-order valence-electron chi connectivity index (χ4n) is 4.82. The Hall–Kier alpha value is -1.77. The predicted octanol–water partition coefficient (Wildman–Crippen LogP) is 8.83. The predicted molar refractivity (Wildman–Crippen MR) is 179 cm³/mol. The maximum atomic E-state index is 12.3. The van der Waals surface area contributed by atoms with E-state index in [0.717, 1.165) is 44.9 Å². The molecule has 0 radical (unpaired) electrons. The van der Waals surface area contributed by atoms with Gasteiger partial charge in [0.1, 0.15) is 6.61 Å². The third-order valence-electron chi connectivity index (χ3n) is 7.56. The number of carbonyl (C=O) groups excluding carboxylic acids is 2. The molecule has 1 rings (SSSR count). The first-order valence-corrected chi connectivity index (χ1v) is 18.9. The Kier molecular flexibility index (Phi) is 25.1. The number of rotatable bonds is 30. The maximum Gasteiger partial charge on any atom is 0.469 e. The van der Waals surface area contributed by atoms with Gasteiger partial charge < -0.3 is 24.0 Å². The largest absolute Gasteiger partial charge is 0.469 e. The van der Waals surface area contributed by atoms with Gasteiger partial charge in [-0.05, 0) is 51.4 Å². The van der Waals surface area contributed by atoms with Crippen molar-refractivity contribution >= 4 is 19.8 Å². The van der Waals surface area contributed by atoms with Crippen LogP contribution >= 0.6 is 7.82 Å². The molecule has 0 amide bonds. The van der Waals surface area contributed by atoms with Crippen LogP contribution in [0.25, 0.3) is 0 Å². The monoisotopic (exact) mass is 656 g/mol. The Bertz CT molecular complexity index is 896. The van der Waals surface area contributed by atoms with Gasteiger partial charge in [-0.3, -0.25) is 14.1 Å². The van der Waals surface area contributed by atoms with Crippen LogP contribution in [0.2, 0.25) is 0 Å². The van der Waals surface area contributed by atoms with Crippen LogP contribution in [0.3, 0.4) is 0 Å². The number of allylic oxidation sites excluding steroid dienone is 4. The van der Waals surface area contributed by atoms with Gasteiger partial charge in [0.15, 0.2) is 6.10 Å². The quantitative estimate of drug-likeness (QED) is 0.0256. The number of phosphoric ester groups is 1. The Morgan fingerprint density at radius 2 is 1.22 bits per heavy atom. The molecule has 1 aliphatic rings. The number of ether oxygens (including phenoxy) is 3. The lowest BCUT2D eigenvalue weighted by Crippen LogP contribution is -2.29. The van der Waals surface area contributed by atoms with Crippen LogP contribution in [-0.4, -0.2) is 53.3 Å². The van der Waals surface area contributed by atoms with Crippen LogP contribution in [-0.2, 0) is 32.9 Å². The van der Waals surface area contributed by atoms with E-state index >= 15 is 0 Å². The van der Waals surface area contributed by atoms with Crippen molar-refractivity contribution in [1.29, 1.82) is 0 Å². The molecule has 0 saturated carbocycles. The number of carbonyl (C=O) groups is 2. The fourth-order valence-corrected chi connectivity index (χ4v) is 5.18. The lowest BCUT2D eigenvalue weighted by molar-refractivity contribution is -0.161. The Morgan fingerprint density at radius 1 is 0.689 bits per heavy atom. The third-order valence-corrected chi connectivity index (χ3v) is 8.05. The molecule has 0 spiro atoms. The average Bonchev–Trinajstić information content (AvgIpc) is 3.76. The molecule has 1 aliphatic heterocycles. The molecule has 1 saturated heterocycles. The van der Waals surface area contributed by atoms with Crippen LogP contribution in [0, 0.1) is 0 Å². The number of epoxide rings is 1. The zero-order valence-corrected chi connectivity index (χ0v) is 28.8. The number of unbranched alkanes of at least 4 members (excludes halogenated alkanes) is 12. The van der Waals surface area contributed by atoms with Crippen molar-refractivity contribution in [3.63, 3.8) is 0 Å². The molecule has 1 fully saturated rings. The highest BCUT2D eigenvalue weighted by molar-refractivity contribution is 7.46. The van der Waals surface area contributed by atoms with E-state index in [4.69, 9.17) is 24.0 Å². The van der Waals surface area contributed by atoms with Crippen LogP contribution in [0.15, 0.2) is 36.5 Å². The standard InChI is InChI=1S/C35H61O9P/c1-3-5-7-9-11-12-15-19-23-27-34(36)41-29-31(30-42-45(38,39)40)43-35(37)28-24-20-16-13-14-18-22-26-33-32(44-33)25-21-17-10-8-6-4-2/h13,16-18,21-22,31-33H,3-12,14-15,19-20,23-30H2,1-2H3,(H2,38,39,40)/b16-13-,21-17-,22-18-/t31-,32?,33?/m1/s1. The van der Waals surface area contributed by atoms with Gasteiger partial charge in [0, 0.05) is 12.8 Å². The minimum Gasteiger partial charge on any atom is -0.462 e. The van der Waals surface area contributed by atoms with Crippen molar-refractivity contribution in [3.05, 3.63) is 36.5 Å². The molecule has 2 N–H and O–H groups in total. The zero-order valence-electron chi connectivity index (χ0n) is 28.0. The molecule has 0 aromatic carbocycles. The summed E-state index contributed by atoms with van der Waals surface area (Å²) >= 11 is 0. The van der Waals surface area contributed by atoms with Gasteiger partial charge >= 0.3 is 19.8 Å². The molecular formula is C35H61O9P. The van der Waals surface area contributed by atoms with E-state index in [1.807, 2.05) is 6.08 Å². The second-order valence-electron chi connectivity index (χ2n) is 11.9.